The second-order valence-electron chi connectivity index (χ2n) is 13.2. The molecule has 0 aliphatic rings. The molecule has 3 rings (SSSR count). The Labute approximate surface area is 323 Å². The molecule has 0 aliphatic heterocycles. The number of unbranched alkanes of at least 4 members (excludes halogenated alkanes) is 1. The van der Waals surface area contributed by atoms with E-state index in [4.69, 9.17) is 21.3 Å². The fraction of sp³-hybridized carbons (Fsp3) is 0.421. The smallest absolute Gasteiger partial charge is 0.341 e. The molecule has 2 aromatic carbocycles. The molecule has 3 aromatic rings. The minimum Gasteiger partial charge on any atom is -0.482 e. The average molecular weight is 779 g/mol. The maximum Gasteiger partial charge on any atom is 0.341 e. The summed E-state index contributed by atoms with van der Waals surface area (Å²) in [7, 11) is 0. The first-order chi connectivity index (χ1) is 26.6. The van der Waals surface area contributed by atoms with E-state index in [9.17, 15) is 38.7 Å². The Balaban J connectivity index is 1.87. The van der Waals surface area contributed by atoms with Gasteiger partial charge in [0.2, 0.25) is 23.6 Å². The number of carbonyl (C=O) groups excluding carboxylic acids is 5. The zero-order valence-corrected chi connectivity index (χ0v) is 31.3. The fourth-order valence-corrected chi connectivity index (χ4v) is 5.86. The molecule has 0 saturated carbocycles. The van der Waals surface area contributed by atoms with Crippen molar-refractivity contribution in [3.05, 3.63) is 65.9 Å². The van der Waals surface area contributed by atoms with Crippen LogP contribution in [0.15, 0.2) is 59.7 Å². The van der Waals surface area contributed by atoms with E-state index in [0.29, 0.717) is 18.4 Å². The molecule has 18 heteroatoms. The van der Waals surface area contributed by atoms with Gasteiger partial charge in [-0.3, -0.25) is 33.8 Å². The van der Waals surface area contributed by atoms with Crippen LogP contribution in [-0.4, -0.2) is 99.8 Å². The van der Waals surface area contributed by atoms with E-state index in [2.05, 4.69) is 31.2 Å². The summed E-state index contributed by atoms with van der Waals surface area (Å²) in [5, 5.41) is 30.1. The van der Waals surface area contributed by atoms with Crippen LogP contribution in [0.1, 0.15) is 63.5 Å². The van der Waals surface area contributed by atoms with Crippen LogP contribution in [0.3, 0.4) is 0 Å². The van der Waals surface area contributed by atoms with Gasteiger partial charge in [-0.25, -0.2) is 4.79 Å². The van der Waals surface area contributed by atoms with Crippen molar-refractivity contribution in [3.63, 3.8) is 0 Å². The summed E-state index contributed by atoms with van der Waals surface area (Å²) in [5.74, 6) is -5.55. The summed E-state index contributed by atoms with van der Waals surface area (Å²) < 4.78 is 5.18. The number of aromatic nitrogens is 1. The quantitative estimate of drug-likeness (QED) is 0.0344. The molecule has 0 radical (unpaired) electrons. The molecular formula is C38H50N8O10. The van der Waals surface area contributed by atoms with E-state index in [1.807, 2.05) is 24.3 Å². The standard InChI is InChI=1S/C38H50N8O10/c1-3-32(48)44-29(10-6-7-15-41-38(39)40)35(53)45-30(17-23-11-13-26(14-12-23)56-21-34(51)52)37(55)46-31(19-33(49)50)36(54)43-25(16-22(2)47)18-24-20-42-28-9-5-4-8-27(24)28/h4-5,8-9,11-14,20,25,29-31,42H,3,6-7,10,15-19,21H2,1-2H3,(H,43,54)(H,44,48)(H,45,53)(H,46,55)(H,49,50)(H,51,52)(H4,39,40,41). The number of hydrogen-bond acceptors (Lipinski definition) is 9. The second-order valence-corrected chi connectivity index (χ2v) is 13.2. The van der Waals surface area contributed by atoms with Crippen LogP contribution < -0.4 is 37.5 Å². The Morgan fingerprint density at radius 3 is 2.09 bits per heavy atom. The van der Waals surface area contributed by atoms with E-state index >= 15 is 0 Å². The van der Waals surface area contributed by atoms with Gasteiger partial charge >= 0.3 is 11.9 Å². The number of hydrogen-bond donors (Lipinski definition) is 9. The van der Waals surface area contributed by atoms with Gasteiger partial charge in [0.05, 0.1) is 6.42 Å². The Morgan fingerprint density at radius 1 is 0.786 bits per heavy atom. The molecule has 0 spiro atoms. The number of amides is 4. The minimum absolute atomic E-state index is 0.0688. The summed E-state index contributed by atoms with van der Waals surface area (Å²) in [6.07, 6.45) is 2.09. The van der Waals surface area contributed by atoms with Crippen LogP contribution in [0, 0.1) is 0 Å². The van der Waals surface area contributed by atoms with Gasteiger partial charge in [-0.1, -0.05) is 37.3 Å². The molecule has 1 aromatic heterocycles. The number of nitrogens with one attached hydrogen (secondary N) is 5. The van der Waals surface area contributed by atoms with Crippen LogP contribution >= 0.6 is 0 Å². The third-order valence-corrected chi connectivity index (χ3v) is 8.56. The van der Waals surface area contributed by atoms with Crippen LogP contribution in [0.2, 0.25) is 0 Å². The van der Waals surface area contributed by atoms with Gasteiger partial charge in [-0.05, 0) is 61.9 Å². The number of aliphatic imine (C=N–C) groups is 1. The lowest BCUT2D eigenvalue weighted by molar-refractivity contribution is -0.141. The molecule has 1 heterocycles. The molecule has 0 bridgehead atoms. The number of aromatic amines is 1. The van der Waals surface area contributed by atoms with Crippen LogP contribution in [0.5, 0.6) is 5.75 Å². The van der Waals surface area contributed by atoms with Gasteiger partial charge in [-0.15, -0.1) is 0 Å². The van der Waals surface area contributed by atoms with Crippen molar-refractivity contribution >= 4 is 58.2 Å². The van der Waals surface area contributed by atoms with E-state index in [-0.39, 0.29) is 56.1 Å². The van der Waals surface area contributed by atoms with Crippen molar-refractivity contribution in [2.24, 2.45) is 16.5 Å². The Bertz CT molecular complexity index is 1870. The van der Waals surface area contributed by atoms with Gasteiger partial charge in [0.1, 0.15) is 29.7 Å². The van der Waals surface area contributed by atoms with Crippen molar-refractivity contribution in [3.8, 4) is 5.75 Å². The topological polar surface area (TPSA) is 297 Å². The lowest BCUT2D eigenvalue weighted by atomic mass is 10.00. The van der Waals surface area contributed by atoms with Crippen LogP contribution in [0.4, 0.5) is 0 Å². The van der Waals surface area contributed by atoms with Crippen molar-refractivity contribution in [1.29, 1.82) is 0 Å². The van der Waals surface area contributed by atoms with Gasteiger partial charge in [0.15, 0.2) is 12.6 Å². The number of fused-ring (bicyclic) bond motifs is 1. The number of ether oxygens (including phenoxy) is 1. The predicted molar refractivity (Wildman–Crippen MR) is 205 cm³/mol. The number of carboxylic acid groups (broad SMARTS) is 2. The molecule has 11 N–H and O–H groups in total. The number of nitrogens with zero attached hydrogens (tertiary/aromatic N) is 1. The summed E-state index contributed by atoms with van der Waals surface area (Å²) >= 11 is 0. The normalized spacial score (nSPS) is 13.0. The molecule has 56 heavy (non-hydrogen) atoms. The molecule has 4 atom stereocenters. The lowest BCUT2D eigenvalue weighted by Crippen LogP contribution is -2.58. The average Bonchev–Trinajstić information content (AvgIpc) is 3.54. The van der Waals surface area contributed by atoms with Crippen LogP contribution in [0.25, 0.3) is 10.9 Å². The van der Waals surface area contributed by atoms with E-state index in [1.165, 1.54) is 19.1 Å². The summed E-state index contributed by atoms with van der Waals surface area (Å²) in [5.41, 5.74) is 12.9. The minimum atomic E-state index is -1.62. The largest absolute Gasteiger partial charge is 0.482 e. The van der Waals surface area contributed by atoms with E-state index < -0.39 is 72.8 Å². The molecule has 18 nitrogen and oxygen atoms in total. The third-order valence-electron chi connectivity index (χ3n) is 8.56. The highest BCUT2D eigenvalue weighted by molar-refractivity contribution is 5.96. The Kier molecular flexibility index (Phi) is 17.3. The van der Waals surface area contributed by atoms with Crippen molar-refractivity contribution < 1.29 is 48.5 Å². The van der Waals surface area contributed by atoms with Crippen LogP contribution in [-0.2, 0) is 46.4 Å². The lowest BCUT2D eigenvalue weighted by Gasteiger charge is -2.26. The molecule has 0 fully saturated rings. The number of H-pyrrole nitrogens is 1. The maximum atomic E-state index is 14.0. The highest BCUT2D eigenvalue weighted by Crippen LogP contribution is 2.20. The predicted octanol–water partition coefficient (Wildman–Crippen LogP) is 0.663. The monoisotopic (exact) mass is 778 g/mol. The molecule has 0 saturated heterocycles. The van der Waals surface area contributed by atoms with Crippen molar-refractivity contribution in [2.45, 2.75) is 89.4 Å². The first-order valence-electron chi connectivity index (χ1n) is 18.1. The highest BCUT2D eigenvalue weighted by atomic mass is 16.5. The van der Waals surface area contributed by atoms with E-state index in [1.54, 1.807) is 25.3 Å². The fourth-order valence-electron chi connectivity index (χ4n) is 5.86. The van der Waals surface area contributed by atoms with Gasteiger partial charge in [0.25, 0.3) is 0 Å². The number of ketones is 1. The van der Waals surface area contributed by atoms with Gasteiger partial charge < -0.3 is 52.7 Å². The highest BCUT2D eigenvalue weighted by Gasteiger charge is 2.32. The number of carbonyl (C=O) groups is 7. The number of guanidine groups is 1. The number of carboxylic acids is 2. The van der Waals surface area contributed by atoms with Crippen molar-refractivity contribution in [2.75, 3.05) is 13.2 Å². The number of Topliss-reactive ketones (excluding diaryl/α,β-unsaturated/α-hetero) is 1. The second kappa shape index (κ2) is 22.0. The number of para-hydroxylation sites is 1. The molecule has 4 unspecified atom stereocenters. The summed E-state index contributed by atoms with van der Waals surface area (Å²) in [6.45, 7) is 2.68. The Hall–Kier alpha value is -6.46. The summed E-state index contributed by atoms with van der Waals surface area (Å²) in [4.78, 5) is 96.0. The number of rotatable bonds is 24. The number of benzene rings is 2. The molecular weight excluding hydrogens is 728 g/mol. The Morgan fingerprint density at radius 2 is 1.45 bits per heavy atom. The molecule has 302 valence electrons. The zero-order chi connectivity index (χ0) is 41.2. The third kappa shape index (κ3) is 15.1. The molecule has 4 amide bonds. The van der Waals surface area contributed by atoms with Gasteiger partial charge in [-0.2, -0.15) is 0 Å². The van der Waals surface area contributed by atoms with E-state index in [0.717, 1.165) is 16.5 Å². The number of aliphatic carboxylic acids is 2. The molecule has 0 aliphatic carbocycles. The maximum absolute atomic E-state index is 14.0. The van der Waals surface area contributed by atoms with Crippen molar-refractivity contribution in [1.82, 2.24) is 26.3 Å². The summed E-state index contributed by atoms with van der Waals surface area (Å²) in [6, 6.07) is 8.68. The zero-order valence-electron chi connectivity index (χ0n) is 31.3. The SMILES string of the molecule is CCC(=O)NC(CCCCN=C(N)N)C(=O)NC(Cc1ccc(OCC(=O)O)cc1)C(=O)NC(CC(=O)O)C(=O)NC(CC(C)=O)Cc1c[nH]c2ccccc12. The number of nitrogens with two attached hydrogens (primary N) is 2. The first kappa shape index (κ1) is 43.9. The first-order valence-corrected chi connectivity index (χ1v) is 18.1. The van der Waals surface area contributed by atoms with Gasteiger partial charge in [0, 0.05) is 48.9 Å².